The minimum Gasteiger partial charge on any atom is -0.300 e. The van der Waals surface area contributed by atoms with Crippen LogP contribution in [0.2, 0.25) is 0 Å². The number of Topliss-reactive ketones (excluding diaryl/α,β-unsaturated/α-hetero) is 1. The van der Waals surface area contributed by atoms with Crippen LogP contribution in [0.15, 0.2) is 6.07 Å². The fourth-order valence-electron chi connectivity index (χ4n) is 1.06. The Morgan fingerprint density at radius 2 is 2.33 bits per heavy atom. The molecule has 1 rings (SSSR count). The molecular weight excluding hydrogens is 152 g/mol. The third-order valence-electron chi connectivity index (χ3n) is 1.90. The average molecular weight is 166 g/mol. The average Bonchev–Trinajstić information content (AvgIpc) is 2.28. The third kappa shape index (κ3) is 2.19. The van der Waals surface area contributed by atoms with Gasteiger partial charge in [-0.05, 0) is 26.3 Å². The molecular formula is C9H14N2O. The van der Waals surface area contributed by atoms with Crippen molar-refractivity contribution in [2.75, 3.05) is 0 Å². The number of hydrogen-bond donors (Lipinski definition) is 0. The highest BCUT2D eigenvalue weighted by molar-refractivity contribution is 5.75. The van der Waals surface area contributed by atoms with Crippen LogP contribution in [0.4, 0.5) is 0 Å². The third-order valence-corrected chi connectivity index (χ3v) is 1.90. The molecule has 0 spiro atoms. The van der Waals surface area contributed by atoms with Crippen LogP contribution in [0.25, 0.3) is 0 Å². The van der Waals surface area contributed by atoms with Gasteiger partial charge in [-0.25, -0.2) is 0 Å². The molecule has 1 aromatic heterocycles. The molecule has 0 aliphatic rings. The number of carbonyl (C=O) groups is 1. The van der Waals surface area contributed by atoms with Gasteiger partial charge in [0, 0.05) is 19.2 Å². The Bertz CT molecular complexity index is 269. The maximum absolute atomic E-state index is 10.7. The smallest absolute Gasteiger partial charge is 0.130 e. The Hall–Kier alpha value is -1.12. The van der Waals surface area contributed by atoms with E-state index in [1.54, 1.807) is 6.92 Å². The van der Waals surface area contributed by atoms with E-state index in [1.807, 2.05) is 24.7 Å². The summed E-state index contributed by atoms with van der Waals surface area (Å²) in [4.78, 5) is 10.7. The van der Waals surface area contributed by atoms with Gasteiger partial charge in [-0.1, -0.05) is 0 Å². The van der Waals surface area contributed by atoms with Crippen LogP contribution in [0, 0.1) is 6.92 Å². The largest absolute Gasteiger partial charge is 0.300 e. The van der Waals surface area contributed by atoms with Crippen molar-refractivity contribution in [3.05, 3.63) is 17.5 Å². The predicted molar refractivity (Wildman–Crippen MR) is 46.9 cm³/mol. The molecule has 0 radical (unpaired) electrons. The van der Waals surface area contributed by atoms with E-state index in [4.69, 9.17) is 0 Å². The SMILES string of the molecule is CC(=O)CCc1cc(C)n(C)n1. The fraction of sp³-hybridized carbons (Fsp3) is 0.556. The van der Waals surface area contributed by atoms with E-state index in [0.29, 0.717) is 6.42 Å². The number of aryl methyl sites for hydroxylation is 3. The first kappa shape index (κ1) is 8.97. The molecule has 0 bridgehead atoms. The Morgan fingerprint density at radius 1 is 1.67 bits per heavy atom. The zero-order valence-electron chi connectivity index (χ0n) is 7.79. The lowest BCUT2D eigenvalue weighted by Crippen LogP contribution is -1.96. The van der Waals surface area contributed by atoms with Crippen LogP contribution in [0.3, 0.4) is 0 Å². The molecule has 12 heavy (non-hydrogen) atoms. The van der Waals surface area contributed by atoms with Crippen molar-refractivity contribution in [1.82, 2.24) is 9.78 Å². The first-order chi connectivity index (χ1) is 5.59. The second-order valence-corrected chi connectivity index (χ2v) is 3.10. The van der Waals surface area contributed by atoms with Gasteiger partial charge in [0.25, 0.3) is 0 Å². The monoisotopic (exact) mass is 166 g/mol. The van der Waals surface area contributed by atoms with Crippen LogP contribution < -0.4 is 0 Å². The molecule has 3 nitrogen and oxygen atoms in total. The normalized spacial score (nSPS) is 10.2. The minimum atomic E-state index is 0.221. The van der Waals surface area contributed by atoms with Gasteiger partial charge in [0.1, 0.15) is 5.78 Å². The maximum atomic E-state index is 10.7. The Kier molecular flexibility index (Phi) is 2.63. The van der Waals surface area contributed by atoms with Gasteiger partial charge in [0.15, 0.2) is 0 Å². The molecule has 1 heterocycles. The topological polar surface area (TPSA) is 34.9 Å². The van der Waals surface area contributed by atoms with Crippen LogP contribution in [0.1, 0.15) is 24.7 Å². The van der Waals surface area contributed by atoms with Crippen molar-refractivity contribution in [1.29, 1.82) is 0 Å². The van der Waals surface area contributed by atoms with Gasteiger partial charge in [-0.3, -0.25) is 4.68 Å². The minimum absolute atomic E-state index is 0.221. The maximum Gasteiger partial charge on any atom is 0.130 e. The summed E-state index contributed by atoms with van der Waals surface area (Å²) in [6.07, 6.45) is 1.35. The van der Waals surface area contributed by atoms with Crippen LogP contribution in [-0.4, -0.2) is 15.6 Å². The molecule has 0 unspecified atom stereocenters. The highest BCUT2D eigenvalue weighted by atomic mass is 16.1. The molecule has 0 aliphatic carbocycles. The van der Waals surface area contributed by atoms with Crippen molar-refractivity contribution in [2.45, 2.75) is 26.7 Å². The van der Waals surface area contributed by atoms with Crippen LogP contribution >= 0.6 is 0 Å². The summed E-state index contributed by atoms with van der Waals surface area (Å²) in [6.45, 7) is 3.61. The molecule has 0 saturated heterocycles. The van der Waals surface area contributed by atoms with E-state index < -0.39 is 0 Å². The van der Waals surface area contributed by atoms with Gasteiger partial charge >= 0.3 is 0 Å². The van der Waals surface area contributed by atoms with Gasteiger partial charge in [-0.15, -0.1) is 0 Å². The fourth-order valence-corrected chi connectivity index (χ4v) is 1.06. The van der Waals surface area contributed by atoms with Gasteiger partial charge in [0.2, 0.25) is 0 Å². The Morgan fingerprint density at radius 3 is 2.75 bits per heavy atom. The molecule has 0 amide bonds. The summed E-state index contributed by atoms with van der Waals surface area (Å²) < 4.78 is 1.83. The summed E-state index contributed by atoms with van der Waals surface area (Å²) in [5.74, 6) is 0.221. The van der Waals surface area contributed by atoms with E-state index in [-0.39, 0.29) is 5.78 Å². The number of nitrogens with zero attached hydrogens (tertiary/aromatic N) is 2. The zero-order valence-corrected chi connectivity index (χ0v) is 7.79. The summed E-state index contributed by atoms with van der Waals surface area (Å²) in [6, 6.07) is 2.02. The molecule has 0 saturated carbocycles. The number of hydrogen-bond acceptors (Lipinski definition) is 2. The Labute approximate surface area is 72.4 Å². The molecule has 3 heteroatoms. The lowest BCUT2D eigenvalue weighted by atomic mass is 10.2. The lowest BCUT2D eigenvalue weighted by Gasteiger charge is -1.91. The second kappa shape index (κ2) is 3.52. The first-order valence-electron chi connectivity index (χ1n) is 4.08. The van der Waals surface area contributed by atoms with E-state index in [1.165, 1.54) is 0 Å². The number of aromatic nitrogens is 2. The highest BCUT2D eigenvalue weighted by Crippen LogP contribution is 2.03. The first-order valence-corrected chi connectivity index (χ1v) is 4.08. The standard InChI is InChI=1S/C9H14N2O/c1-7-6-9(10-11(7)3)5-4-8(2)12/h6H,4-5H2,1-3H3. The second-order valence-electron chi connectivity index (χ2n) is 3.10. The lowest BCUT2D eigenvalue weighted by molar-refractivity contribution is -0.116. The number of ketones is 1. The van der Waals surface area contributed by atoms with Crippen LogP contribution in [-0.2, 0) is 18.3 Å². The molecule has 0 fully saturated rings. The van der Waals surface area contributed by atoms with Gasteiger partial charge < -0.3 is 4.79 Å². The van der Waals surface area contributed by atoms with Crippen molar-refractivity contribution >= 4 is 5.78 Å². The summed E-state index contributed by atoms with van der Waals surface area (Å²) in [7, 11) is 1.91. The van der Waals surface area contributed by atoms with Crippen LogP contribution in [0.5, 0.6) is 0 Å². The molecule has 0 aromatic carbocycles. The van der Waals surface area contributed by atoms with Crippen molar-refractivity contribution < 1.29 is 4.79 Å². The predicted octanol–water partition coefficient (Wildman–Crippen LogP) is 1.25. The van der Waals surface area contributed by atoms with E-state index >= 15 is 0 Å². The summed E-state index contributed by atoms with van der Waals surface area (Å²) in [5.41, 5.74) is 2.14. The highest BCUT2D eigenvalue weighted by Gasteiger charge is 2.01. The zero-order chi connectivity index (χ0) is 9.14. The molecule has 1 aromatic rings. The molecule has 0 N–H and O–H groups in total. The van der Waals surface area contributed by atoms with E-state index in [2.05, 4.69) is 5.10 Å². The molecule has 0 atom stereocenters. The van der Waals surface area contributed by atoms with Gasteiger partial charge in [0.05, 0.1) is 5.69 Å². The molecule has 66 valence electrons. The van der Waals surface area contributed by atoms with Crippen molar-refractivity contribution in [3.63, 3.8) is 0 Å². The van der Waals surface area contributed by atoms with Crippen molar-refractivity contribution in [3.8, 4) is 0 Å². The van der Waals surface area contributed by atoms with Crippen molar-refractivity contribution in [2.24, 2.45) is 7.05 Å². The molecule has 0 aliphatic heterocycles. The van der Waals surface area contributed by atoms with Gasteiger partial charge in [-0.2, -0.15) is 5.10 Å². The summed E-state index contributed by atoms with van der Waals surface area (Å²) >= 11 is 0. The number of carbonyl (C=O) groups excluding carboxylic acids is 1. The number of rotatable bonds is 3. The summed E-state index contributed by atoms with van der Waals surface area (Å²) in [5, 5.41) is 4.25. The van der Waals surface area contributed by atoms with E-state index in [0.717, 1.165) is 17.8 Å². The Balaban J connectivity index is 2.58. The quantitative estimate of drug-likeness (QED) is 0.677. The van der Waals surface area contributed by atoms with E-state index in [9.17, 15) is 4.79 Å².